The first-order chi connectivity index (χ1) is 5.02. The highest BCUT2D eigenvalue weighted by Crippen LogP contribution is 2.48. The molecule has 1 aliphatic carbocycles. The maximum atomic E-state index is 13.2. The molecule has 0 aromatic rings. The number of hydrogen-bond donors (Lipinski definition) is 0. The zero-order chi connectivity index (χ0) is 8.54. The van der Waals surface area contributed by atoms with Crippen LogP contribution in [0.25, 0.3) is 0 Å². The first kappa shape index (κ1) is 9.43. The molecule has 0 bridgehead atoms. The van der Waals surface area contributed by atoms with E-state index in [-0.39, 0.29) is 6.42 Å². The molecule has 1 unspecified atom stereocenters. The Hall–Kier alpha value is 0.340. The lowest BCUT2D eigenvalue weighted by atomic mass is 9.74. The summed E-state index contributed by atoms with van der Waals surface area (Å²) < 4.78 is 26.4. The zero-order valence-electron chi connectivity index (χ0n) is 6.67. The fraction of sp³-hybridized carbons (Fsp3) is 1.00. The van der Waals surface area contributed by atoms with Crippen LogP contribution in [0.15, 0.2) is 0 Å². The molecule has 0 aromatic heterocycles. The van der Waals surface area contributed by atoms with Crippen LogP contribution in [-0.4, -0.2) is 11.3 Å². The third-order valence-corrected chi connectivity index (χ3v) is 3.88. The topological polar surface area (TPSA) is 0 Å². The van der Waals surface area contributed by atoms with Crippen molar-refractivity contribution in [2.75, 3.05) is 5.33 Å². The van der Waals surface area contributed by atoms with Gasteiger partial charge in [0, 0.05) is 17.2 Å². The quantitative estimate of drug-likeness (QED) is 0.600. The average Bonchev–Trinajstić information content (AvgIpc) is 1.95. The Balaban J connectivity index is 2.74. The van der Waals surface area contributed by atoms with E-state index in [1.165, 1.54) is 0 Å². The molecule has 3 heteroatoms. The normalized spacial score (nSPS) is 37.1. The molecule has 0 N–H and O–H groups in total. The molecule has 1 fully saturated rings. The Morgan fingerprint density at radius 3 is 2.18 bits per heavy atom. The standard InChI is InChI=1S/C8H13BrF2/c1-7(6-9)4-2-3-5-8(7,10)11/h2-6H2,1H3. The summed E-state index contributed by atoms with van der Waals surface area (Å²) >= 11 is 3.16. The number of rotatable bonds is 1. The van der Waals surface area contributed by atoms with Gasteiger partial charge in [-0.15, -0.1) is 0 Å². The van der Waals surface area contributed by atoms with Gasteiger partial charge in [0.2, 0.25) is 0 Å². The Morgan fingerprint density at radius 1 is 1.27 bits per heavy atom. The molecule has 66 valence electrons. The van der Waals surface area contributed by atoms with Crippen molar-refractivity contribution in [1.82, 2.24) is 0 Å². The van der Waals surface area contributed by atoms with Gasteiger partial charge < -0.3 is 0 Å². The van der Waals surface area contributed by atoms with E-state index in [9.17, 15) is 8.78 Å². The van der Waals surface area contributed by atoms with Crippen molar-refractivity contribution in [3.63, 3.8) is 0 Å². The third kappa shape index (κ3) is 1.58. The van der Waals surface area contributed by atoms with Crippen LogP contribution in [0.4, 0.5) is 8.78 Å². The molecular weight excluding hydrogens is 214 g/mol. The predicted molar refractivity (Wildman–Crippen MR) is 45.3 cm³/mol. The summed E-state index contributed by atoms with van der Waals surface area (Å²) in [6.07, 6.45) is 2.33. The van der Waals surface area contributed by atoms with Gasteiger partial charge in [-0.1, -0.05) is 29.3 Å². The molecule has 1 saturated carbocycles. The van der Waals surface area contributed by atoms with Gasteiger partial charge in [0.05, 0.1) is 0 Å². The molecule has 0 nitrogen and oxygen atoms in total. The molecule has 11 heavy (non-hydrogen) atoms. The first-order valence-corrected chi connectivity index (χ1v) is 5.08. The van der Waals surface area contributed by atoms with Crippen LogP contribution < -0.4 is 0 Å². The minimum absolute atomic E-state index is 0.0646. The molecule has 0 heterocycles. The minimum Gasteiger partial charge on any atom is -0.206 e. The van der Waals surface area contributed by atoms with Crippen LogP contribution in [0, 0.1) is 5.41 Å². The van der Waals surface area contributed by atoms with Crippen molar-refractivity contribution in [2.24, 2.45) is 5.41 Å². The summed E-state index contributed by atoms with van der Waals surface area (Å²) in [4.78, 5) is 0. The Kier molecular flexibility index (Phi) is 2.57. The van der Waals surface area contributed by atoms with Crippen LogP contribution in [0.1, 0.15) is 32.6 Å². The van der Waals surface area contributed by atoms with Gasteiger partial charge in [-0.25, -0.2) is 8.78 Å². The summed E-state index contributed by atoms with van der Waals surface area (Å²) in [7, 11) is 0. The molecule has 1 aliphatic rings. The Bertz CT molecular complexity index is 147. The van der Waals surface area contributed by atoms with Crippen molar-refractivity contribution in [3.05, 3.63) is 0 Å². The number of alkyl halides is 3. The fourth-order valence-electron chi connectivity index (χ4n) is 1.51. The van der Waals surface area contributed by atoms with Gasteiger partial charge in [0.25, 0.3) is 5.92 Å². The second-order valence-corrected chi connectivity index (χ2v) is 4.17. The van der Waals surface area contributed by atoms with Crippen molar-refractivity contribution in [1.29, 1.82) is 0 Å². The lowest BCUT2D eigenvalue weighted by molar-refractivity contribution is -0.129. The highest BCUT2D eigenvalue weighted by molar-refractivity contribution is 9.09. The summed E-state index contributed by atoms with van der Waals surface area (Å²) in [5.41, 5.74) is -0.800. The first-order valence-electron chi connectivity index (χ1n) is 3.96. The molecule has 1 rings (SSSR count). The van der Waals surface area contributed by atoms with E-state index in [2.05, 4.69) is 15.9 Å². The lowest BCUT2D eigenvalue weighted by Crippen LogP contribution is -2.42. The van der Waals surface area contributed by atoms with Gasteiger partial charge in [0.1, 0.15) is 0 Å². The van der Waals surface area contributed by atoms with Crippen LogP contribution in [0.2, 0.25) is 0 Å². The molecule has 0 amide bonds. The smallest absolute Gasteiger partial charge is 0.206 e. The van der Waals surface area contributed by atoms with Crippen LogP contribution in [0.5, 0.6) is 0 Å². The van der Waals surface area contributed by atoms with E-state index in [4.69, 9.17) is 0 Å². The second kappa shape index (κ2) is 3.00. The van der Waals surface area contributed by atoms with Crippen LogP contribution >= 0.6 is 15.9 Å². The molecule has 1 atom stereocenters. The molecule has 0 saturated heterocycles. The van der Waals surface area contributed by atoms with Crippen molar-refractivity contribution in [2.45, 2.75) is 38.5 Å². The van der Waals surface area contributed by atoms with E-state index >= 15 is 0 Å². The van der Waals surface area contributed by atoms with Gasteiger partial charge in [-0.05, 0) is 12.8 Å². The molecule has 0 aromatic carbocycles. The monoisotopic (exact) mass is 226 g/mol. The maximum absolute atomic E-state index is 13.2. The zero-order valence-corrected chi connectivity index (χ0v) is 8.26. The Morgan fingerprint density at radius 2 is 1.82 bits per heavy atom. The number of halogens is 3. The van der Waals surface area contributed by atoms with Gasteiger partial charge in [0.15, 0.2) is 0 Å². The van der Waals surface area contributed by atoms with E-state index in [0.717, 1.165) is 6.42 Å². The van der Waals surface area contributed by atoms with Gasteiger partial charge in [-0.3, -0.25) is 0 Å². The average molecular weight is 227 g/mol. The van der Waals surface area contributed by atoms with Crippen molar-refractivity contribution >= 4 is 15.9 Å². The third-order valence-electron chi connectivity index (χ3n) is 2.65. The molecule has 0 radical (unpaired) electrons. The molecule has 0 aliphatic heterocycles. The second-order valence-electron chi connectivity index (χ2n) is 3.61. The summed E-state index contributed by atoms with van der Waals surface area (Å²) in [6.45, 7) is 1.67. The van der Waals surface area contributed by atoms with Crippen LogP contribution in [0.3, 0.4) is 0 Å². The SMILES string of the molecule is CC1(CBr)CCCCC1(F)F. The summed E-state index contributed by atoms with van der Waals surface area (Å²) in [5.74, 6) is -2.46. The van der Waals surface area contributed by atoms with E-state index in [0.29, 0.717) is 18.2 Å². The number of hydrogen-bond acceptors (Lipinski definition) is 0. The van der Waals surface area contributed by atoms with E-state index in [1.807, 2.05) is 0 Å². The maximum Gasteiger partial charge on any atom is 0.254 e. The molecule has 0 spiro atoms. The minimum atomic E-state index is -2.46. The fourth-order valence-corrected chi connectivity index (χ4v) is 2.20. The predicted octanol–water partition coefficient (Wildman–Crippen LogP) is 3.60. The summed E-state index contributed by atoms with van der Waals surface area (Å²) in [5, 5.41) is 0.410. The molecular formula is C8H13BrF2. The van der Waals surface area contributed by atoms with Crippen LogP contribution in [-0.2, 0) is 0 Å². The largest absolute Gasteiger partial charge is 0.254 e. The van der Waals surface area contributed by atoms with Gasteiger partial charge in [-0.2, -0.15) is 0 Å². The van der Waals surface area contributed by atoms with E-state index < -0.39 is 11.3 Å². The Labute approximate surface area is 74.5 Å². The lowest BCUT2D eigenvalue weighted by Gasteiger charge is -2.39. The summed E-state index contributed by atoms with van der Waals surface area (Å²) in [6, 6.07) is 0. The van der Waals surface area contributed by atoms with Crippen molar-refractivity contribution < 1.29 is 8.78 Å². The highest BCUT2D eigenvalue weighted by atomic mass is 79.9. The van der Waals surface area contributed by atoms with Gasteiger partial charge >= 0.3 is 0 Å². The van der Waals surface area contributed by atoms with E-state index in [1.54, 1.807) is 6.92 Å². The highest BCUT2D eigenvalue weighted by Gasteiger charge is 2.50. The van der Waals surface area contributed by atoms with Crippen molar-refractivity contribution in [3.8, 4) is 0 Å².